The predicted octanol–water partition coefficient (Wildman–Crippen LogP) is 7.71. The molecule has 0 saturated carbocycles. The topological polar surface area (TPSA) is 184 Å². The maximum atomic E-state index is 14.5. The Morgan fingerprint density at radius 3 is 2.46 bits per heavy atom. The van der Waals surface area contributed by atoms with Crippen LogP contribution in [0.15, 0.2) is 63.6 Å². The number of hydrogen-bond acceptors (Lipinski definition) is 12. The number of esters is 1. The molecule has 0 unspecified atom stereocenters. The summed E-state index contributed by atoms with van der Waals surface area (Å²) in [5.74, 6) is -4.69. The Kier molecular flexibility index (Phi) is 11.0. The number of benzene rings is 3. The Morgan fingerprint density at radius 1 is 1.04 bits per heavy atom. The van der Waals surface area contributed by atoms with Gasteiger partial charge in [-0.05, 0) is 62.7 Å². The van der Waals surface area contributed by atoms with Gasteiger partial charge in [0.05, 0.1) is 23.3 Å². The number of allylic oxidation sites excluding steroid dienone is 3. The highest BCUT2D eigenvalue weighted by atomic mass is 16.7. The summed E-state index contributed by atoms with van der Waals surface area (Å²) in [7, 11) is 1.53. The number of phenols is 2. The molecule has 6 rings (SSSR count). The molecule has 56 heavy (non-hydrogen) atoms. The molecule has 0 fully saturated rings. The van der Waals surface area contributed by atoms with E-state index in [1.165, 1.54) is 52.3 Å². The molecule has 0 spiro atoms. The summed E-state index contributed by atoms with van der Waals surface area (Å²) < 4.78 is 30.1. The summed E-state index contributed by atoms with van der Waals surface area (Å²) in [4.78, 5) is 59.6. The lowest BCUT2D eigenvalue weighted by Gasteiger charge is -2.33. The van der Waals surface area contributed by atoms with Gasteiger partial charge in [0.2, 0.25) is 5.43 Å². The van der Waals surface area contributed by atoms with Gasteiger partial charge < -0.3 is 38.9 Å². The van der Waals surface area contributed by atoms with E-state index >= 15 is 0 Å². The summed E-state index contributed by atoms with van der Waals surface area (Å²) in [6.07, 6.45) is 8.77. The van der Waals surface area contributed by atoms with E-state index in [1.54, 1.807) is 25.2 Å². The van der Waals surface area contributed by atoms with Gasteiger partial charge in [-0.25, -0.2) is 4.98 Å². The summed E-state index contributed by atoms with van der Waals surface area (Å²) in [5.41, 5.74) is -0.889. The van der Waals surface area contributed by atoms with Crippen molar-refractivity contribution in [1.82, 2.24) is 4.98 Å². The molecule has 13 heteroatoms. The van der Waals surface area contributed by atoms with Crippen molar-refractivity contribution in [1.29, 1.82) is 0 Å². The Balaban J connectivity index is 1.57. The first-order valence-corrected chi connectivity index (χ1v) is 18.7. The van der Waals surface area contributed by atoms with Crippen LogP contribution >= 0.6 is 0 Å². The number of methoxy groups -OCH3 is 1. The van der Waals surface area contributed by atoms with Gasteiger partial charge in [0, 0.05) is 43.4 Å². The quantitative estimate of drug-likeness (QED) is 0.103. The molecule has 2 aromatic rings. The molecule has 3 N–H and O–H groups in total. The number of Topliss-reactive ketones (excluding diaryl/α,β-unsaturated/α-hetero) is 1. The smallest absolute Gasteiger partial charge is 0.312 e. The first-order valence-electron chi connectivity index (χ1n) is 18.7. The monoisotopic (exact) mass is 768 g/mol. The molecule has 13 nitrogen and oxygen atoms in total. The van der Waals surface area contributed by atoms with E-state index in [4.69, 9.17) is 23.4 Å². The molecule has 296 valence electrons. The van der Waals surface area contributed by atoms with Crippen LogP contribution < -0.4 is 15.5 Å². The number of aromatic hydroxyl groups is 2. The molecule has 2 aromatic carbocycles. The van der Waals surface area contributed by atoms with Crippen molar-refractivity contribution in [3.63, 3.8) is 0 Å². The lowest BCUT2D eigenvalue weighted by Crippen LogP contribution is -2.39. The number of amides is 1. The fourth-order valence-electron chi connectivity index (χ4n) is 7.99. The highest BCUT2D eigenvalue weighted by Gasteiger charge is 2.50. The average Bonchev–Trinajstić information content (AvgIpc) is 3.40. The number of aromatic nitrogens is 1. The minimum atomic E-state index is -1.98. The van der Waals surface area contributed by atoms with Crippen LogP contribution in [0.3, 0.4) is 0 Å². The number of fused-ring (bicyclic) bond motifs is 2. The Morgan fingerprint density at radius 2 is 1.77 bits per heavy atom. The lowest BCUT2D eigenvalue weighted by atomic mass is 9.82. The zero-order valence-corrected chi connectivity index (χ0v) is 33.0. The molecular weight excluding hydrogens is 720 g/mol. The van der Waals surface area contributed by atoms with Crippen LogP contribution in [0.25, 0.3) is 33.3 Å². The number of nitrogens with zero attached hydrogens (tertiary/aromatic N) is 1. The van der Waals surface area contributed by atoms with E-state index in [9.17, 15) is 29.4 Å². The van der Waals surface area contributed by atoms with Crippen LogP contribution in [0.2, 0.25) is 0 Å². The van der Waals surface area contributed by atoms with Gasteiger partial charge in [-0.1, -0.05) is 52.0 Å². The third kappa shape index (κ3) is 7.23. The summed E-state index contributed by atoms with van der Waals surface area (Å²) in [5, 5.41) is 24.7. The zero-order valence-electron chi connectivity index (χ0n) is 33.0. The molecule has 4 bridgehead atoms. The van der Waals surface area contributed by atoms with Crippen molar-refractivity contribution in [2.45, 2.75) is 86.2 Å². The van der Waals surface area contributed by atoms with Crippen LogP contribution in [0, 0.1) is 30.6 Å². The van der Waals surface area contributed by atoms with Crippen molar-refractivity contribution >= 4 is 45.2 Å². The molecule has 3 heterocycles. The number of ketones is 1. The van der Waals surface area contributed by atoms with E-state index in [1.807, 2.05) is 19.9 Å². The third-order valence-corrected chi connectivity index (χ3v) is 10.8. The van der Waals surface area contributed by atoms with Crippen molar-refractivity contribution in [3.05, 3.63) is 75.7 Å². The van der Waals surface area contributed by atoms with E-state index in [-0.39, 0.29) is 90.9 Å². The second kappa shape index (κ2) is 15.4. The van der Waals surface area contributed by atoms with Gasteiger partial charge in [-0.15, -0.1) is 0 Å². The SMILES string of the molecule is CO[C@H]1/C=C/O[C@@]2(C)Oc3c(C)c(O)c4c(=O)c(c5oc6cccc(O)c6nc-5c4c3C2=O)NC(=O)/C(C)=C\C=C\[C@H](C)C[C@@H](C)C[C@@H](C)[C@H](OC(C)=O)[C@@H]1C. The second-order valence-corrected chi connectivity index (χ2v) is 15.3. The normalized spacial score (nSPS) is 28.4. The van der Waals surface area contributed by atoms with Crippen molar-refractivity contribution in [2.24, 2.45) is 23.7 Å². The predicted molar refractivity (Wildman–Crippen MR) is 210 cm³/mol. The Hall–Kier alpha value is -5.69. The first-order chi connectivity index (χ1) is 26.5. The molecule has 0 saturated heterocycles. The third-order valence-electron chi connectivity index (χ3n) is 10.8. The fraction of sp³-hybridized carbons (Fsp3) is 0.419. The van der Waals surface area contributed by atoms with E-state index in [2.05, 4.69) is 24.1 Å². The summed E-state index contributed by atoms with van der Waals surface area (Å²) in [6, 6.07) is 4.46. The lowest BCUT2D eigenvalue weighted by molar-refractivity contribution is -0.155. The van der Waals surface area contributed by atoms with Gasteiger partial charge in [0.1, 0.15) is 40.3 Å². The number of para-hydroxylation sites is 1. The molecule has 3 aliphatic heterocycles. The standard InChI is InChI=1S/C43H48N2O11/c1-20-12-10-13-22(3)42(51)45-35-37(49)31-30(34-40(35)55-29-15-11-14-27(47)33(29)44-34)32-39(25(6)36(31)48)56-43(8,41(32)50)53-17-16-28(52-9)24(5)38(54-26(7)46)23(4)19-21(2)18-20/h10-17,20-21,23-24,28,38,47-48H,18-19H2,1-9H3,(H,45,51)/b12-10+,17-16+,22-13-/t20-,21+,23+,24+,28-,38-,43-/m0/s1. The number of hydrogen-bond donors (Lipinski definition) is 3. The van der Waals surface area contributed by atoms with Crippen LogP contribution in [0.1, 0.15) is 77.2 Å². The highest BCUT2D eigenvalue weighted by molar-refractivity contribution is 6.22. The van der Waals surface area contributed by atoms with Crippen molar-refractivity contribution in [2.75, 3.05) is 12.4 Å². The van der Waals surface area contributed by atoms with Gasteiger partial charge in [-0.2, -0.15) is 0 Å². The van der Waals surface area contributed by atoms with Crippen LogP contribution in [0.4, 0.5) is 5.69 Å². The number of rotatable bonds is 2. The van der Waals surface area contributed by atoms with Gasteiger partial charge in [-0.3, -0.25) is 19.2 Å². The number of phenolic OH excluding ortho intramolecular Hbond substituents is 2. The summed E-state index contributed by atoms with van der Waals surface area (Å²) in [6.45, 7) is 14.0. The number of anilines is 1. The van der Waals surface area contributed by atoms with Crippen LogP contribution in [0.5, 0.6) is 17.2 Å². The minimum Gasteiger partial charge on any atom is -0.507 e. The van der Waals surface area contributed by atoms with Crippen molar-refractivity contribution in [3.8, 4) is 28.7 Å². The van der Waals surface area contributed by atoms with Gasteiger partial charge >= 0.3 is 11.8 Å². The molecule has 0 radical (unpaired) electrons. The maximum absolute atomic E-state index is 14.5. The van der Waals surface area contributed by atoms with Crippen LogP contribution in [-0.2, 0) is 23.8 Å². The molecule has 4 aliphatic rings. The van der Waals surface area contributed by atoms with Crippen molar-refractivity contribution < 1.29 is 48.0 Å². The van der Waals surface area contributed by atoms with E-state index < -0.39 is 46.8 Å². The van der Waals surface area contributed by atoms with Gasteiger partial charge in [0.25, 0.3) is 11.7 Å². The second-order valence-electron chi connectivity index (χ2n) is 15.3. The first kappa shape index (κ1) is 40.0. The fourth-order valence-corrected chi connectivity index (χ4v) is 7.99. The maximum Gasteiger partial charge on any atom is 0.312 e. The number of carbonyl (C=O) groups is 3. The van der Waals surface area contributed by atoms with Crippen LogP contribution in [-0.4, -0.2) is 58.0 Å². The number of nitrogens with one attached hydrogen (secondary N) is 1. The molecule has 7 atom stereocenters. The summed E-state index contributed by atoms with van der Waals surface area (Å²) >= 11 is 0. The minimum absolute atomic E-state index is 0.0123. The van der Waals surface area contributed by atoms with E-state index in [0.717, 1.165) is 12.8 Å². The molecule has 1 aliphatic carbocycles. The molecular formula is C43H48N2O11. The number of carbonyl (C=O) groups excluding carboxylic acids is 3. The average molecular weight is 769 g/mol. The molecule has 1 amide bonds. The van der Waals surface area contributed by atoms with Gasteiger partial charge in [0.15, 0.2) is 11.3 Å². The Bertz CT molecular complexity index is 2360. The zero-order chi connectivity index (χ0) is 40.8. The van der Waals surface area contributed by atoms with E-state index in [0.29, 0.717) is 0 Å². The largest absolute Gasteiger partial charge is 0.507 e. The highest BCUT2D eigenvalue weighted by Crippen LogP contribution is 2.50. The molecule has 0 aromatic heterocycles. The Labute approximate surface area is 324 Å². The number of ether oxygens (including phenoxy) is 4.